The number of rotatable bonds is 3. The molecule has 3 nitrogen and oxygen atoms in total. The predicted octanol–water partition coefficient (Wildman–Crippen LogP) is 3.96. The van der Waals surface area contributed by atoms with Crippen molar-refractivity contribution in [2.45, 2.75) is 0 Å². The van der Waals surface area contributed by atoms with Crippen LogP contribution in [-0.2, 0) is 0 Å². The summed E-state index contributed by atoms with van der Waals surface area (Å²) in [6, 6.07) is 10.4. The van der Waals surface area contributed by atoms with Gasteiger partial charge >= 0.3 is 0 Å². The Morgan fingerprint density at radius 3 is 2.52 bits per heavy atom. The second-order valence-corrected chi connectivity index (χ2v) is 5.05. The number of carbonyl (C=O) groups excluding carboxylic acids is 1. The van der Waals surface area contributed by atoms with Crippen LogP contribution in [0.2, 0.25) is 10.0 Å². The number of aromatic hydroxyl groups is 1. The molecule has 0 amide bonds. The molecule has 0 bridgehead atoms. The van der Waals surface area contributed by atoms with Gasteiger partial charge in [0.25, 0.3) is 0 Å². The van der Waals surface area contributed by atoms with Gasteiger partial charge in [0.1, 0.15) is 0 Å². The van der Waals surface area contributed by atoms with E-state index < -0.39 is 17.0 Å². The van der Waals surface area contributed by atoms with Crippen LogP contribution in [0.15, 0.2) is 53.3 Å². The molecular weight excluding hydrogens is 311 g/mol. The van der Waals surface area contributed by atoms with E-state index in [0.29, 0.717) is 15.6 Å². The third kappa shape index (κ3) is 3.72. The van der Waals surface area contributed by atoms with Crippen molar-refractivity contribution in [2.75, 3.05) is 0 Å². The van der Waals surface area contributed by atoms with Gasteiger partial charge < -0.3 is 5.11 Å². The highest BCUT2D eigenvalue weighted by atomic mass is 35.5. The Morgan fingerprint density at radius 2 is 1.81 bits per heavy atom. The third-order valence-electron chi connectivity index (χ3n) is 2.75. The van der Waals surface area contributed by atoms with Crippen molar-refractivity contribution in [3.8, 4) is 5.75 Å². The van der Waals surface area contributed by atoms with Crippen molar-refractivity contribution in [1.82, 2.24) is 0 Å². The average Bonchev–Trinajstić information content (AvgIpc) is 2.60. The molecule has 1 N–H and O–H groups in total. The molecule has 0 saturated heterocycles. The summed E-state index contributed by atoms with van der Waals surface area (Å²) in [7, 11) is 0. The van der Waals surface area contributed by atoms with Crippen molar-refractivity contribution >= 4 is 35.1 Å². The lowest BCUT2D eigenvalue weighted by atomic mass is 10.1. The molecule has 21 heavy (non-hydrogen) atoms. The standard InChI is InChI=1S/C16H10Cl2O3/c17-11-7-5-10(13(18)9-11)6-8-14(19)12-3-1-2-4-15(20)16(12)21/h1-9H,(H,20,21). The first-order valence-corrected chi connectivity index (χ1v) is 6.74. The number of carbonyl (C=O) groups is 1. The van der Waals surface area contributed by atoms with E-state index in [-0.39, 0.29) is 5.56 Å². The van der Waals surface area contributed by atoms with Crippen LogP contribution in [0.4, 0.5) is 0 Å². The van der Waals surface area contributed by atoms with Crippen LogP contribution in [0.3, 0.4) is 0 Å². The molecule has 0 spiro atoms. The monoisotopic (exact) mass is 320 g/mol. The van der Waals surface area contributed by atoms with Crippen molar-refractivity contribution in [2.24, 2.45) is 0 Å². The molecule has 0 radical (unpaired) electrons. The number of halogens is 2. The lowest BCUT2D eigenvalue weighted by Crippen LogP contribution is -2.01. The van der Waals surface area contributed by atoms with Crippen molar-refractivity contribution in [3.05, 3.63) is 79.9 Å². The molecule has 0 heterocycles. The van der Waals surface area contributed by atoms with Crippen LogP contribution in [0.25, 0.3) is 6.08 Å². The number of ketones is 1. The summed E-state index contributed by atoms with van der Waals surface area (Å²) >= 11 is 11.8. The van der Waals surface area contributed by atoms with Gasteiger partial charge in [0.05, 0.1) is 5.56 Å². The summed E-state index contributed by atoms with van der Waals surface area (Å²) in [6.07, 6.45) is 2.74. The normalized spacial score (nSPS) is 10.8. The zero-order chi connectivity index (χ0) is 15.4. The van der Waals surface area contributed by atoms with E-state index in [9.17, 15) is 14.7 Å². The summed E-state index contributed by atoms with van der Waals surface area (Å²) in [4.78, 5) is 23.5. The maximum Gasteiger partial charge on any atom is 0.220 e. The fourth-order valence-electron chi connectivity index (χ4n) is 1.68. The fourth-order valence-corrected chi connectivity index (χ4v) is 2.15. The first kappa shape index (κ1) is 15.3. The molecule has 2 aromatic carbocycles. The second-order valence-electron chi connectivity index (χ2n) is 4.21. The quantitative estimate of drug-likeness (QED) is 0.688. The van der Waals surface area contributed by atoms with E-state index in [1.807, 2.05) is 0 Å². The molecule has 0 saturated carbocycles. The minimum absolute atomic E-state index is 0.0636. The van der Waals surface area contributed by atoms with Gasteiger partial charge in [0.2, 0.25) is 5.43 Å². The summed E-state index contributed by atoms with van der Waals surface area (Å²) in [5.41, 5.74) is -0.0656. The van der Waals surface area contributed by atoms with E-state index in [1.54, 1.807) is 18.2 Å². The van der Waals surface area contributed by atoms with E-state index in [0.717, 1.165) is 0 Å². The maximum atomic E-state index is 12.1. The molecule has 0 fully saturated rings. The van der Waals surface area contributed by atoms with Crippen molar-refractivity contribution in [3.63, 3.8) is 0 Å². The minimum Gasteiger partial charge on any atom is -0.504 e. The Bertz CT molecular complexity index is 783. The average molecular weight is 321 g/mol. The van der Waals surface area contributed by atoms with Crippen LogP contribution < -0.4 is 5.43 Å². The van der Waals surface area contributed by atoms with Gasteiger partial charge in [-0.25, -0.2) is 0 Å². The lowest BCUT2D eigenvalue weighted by Gasteiger charge is -1.99. The highest BCUT2D eigenvalue weighted by Gasteiger charge is 2.09. The summed E-state index contributed by atoms with van der Waals surface area (Å²) in [6.45, 7) is 0. The van der Waals surface area contributed by atoms with E-state index >= 15 is 0 Å². The molecule has 2 rings (SSSR count). The van der Waals surface area contributed by atoms with Crippen molar-refractivity contribution < 1.29 is 9.90 Å². The Balaban J connectivity index is 2.35. The summed E-state index contributed by atoms with van der Waals surface area (Å²) in [5, 5.41) is 10.6. The van der Waals surface area contributed by atoms with Crippen LogP contribution in [0.5, 0.6) is 5.75 Å². The number of benzene rings is 1. The highest BCUT2D eigenvalue weighted by Crippen LogP contribution is 2.22. The Hall–Kier alpha value is -2.10. The molecule has 2 aromatic rings. The van der Waals surface area contributed by atoms with E-state index in [2.05, 4.69) is 0 Å². The molecular formula is C16H10Cl2O3. The van der Waals surface area contributed by atoms with Crippen molar-refractivity contribution in [1.29, 1.82) is 0 Å². The molecule has 0 atom stereocenters. The predicted molar refractivity (Wildman–Crippen MR) is 84.2 cm³/mol. The maximum absolute atomic E-state index is 12.1. The van der Waals surface area contributed by atoms with Gasteiger partial charge in [-0.1, -0.05) is 41.4 Å². The SMILES string of the molecule is O=C(C=Cc1ccc(Cl)cc1Cl)c1ccccc(=O)c1O. The molecule has 0 aliphatic carbocycles. The summed E-state index contributed by atoms with van der Waals surface area (Å²) < 4.78 is 0. The largest absolute Gasteiger partial charge is 0.504 e. The molecule has 0 unspecified atom stereocenters. The smallest absolute Gasteiger partial charge is 0.220 e. The van der Waals surface area contributed by atoms with Gasteiger partial charge in [-0.3, -0.25) is 9.59 Å². The molecule has 0 aliphatic heterocycles. The first-order valence-electron chi connectivity index (χ1n) is 5.99. The van der Waals surface area contributed by atoms with Crippen LogP contribution in [0, 0.1) is 0 Å². The van der Waals surface area contributed by atoms with Gasteiger partial charge in [-0.2, -0.15) is 0 Å². The minimum atomic E-state index is -0.610. The number of allylic oxidation sites excluding steroid dienone is 1. The summed E-state index contributed by atoms with van der Waals surface area (Å²) in [5.74, 6) is -1.07. The van der Waals surface area contributed by atoms with Crippen LogP contribution in [-0.4, -0.2) is 10.9 Å². The second kappa shape index (κ2) is 6.57. The number of hydrogen-bond acceptors (Lipinski definition) is 3. The Labute approximate surface area is 131 Å². The Morgan fingerprint density at radius 1 is 1.10 bits per heavy atom. The zero-order valence-corrected chi connectivity index (χ0v) is 12.2. The van der Waals surface area contributed by atoms with Gasteiger partial charge in [-0.05, 0) is 42.0 Å². The third-order valence-corrected chi connectivity index (χ3v) is 3.31. The van der Waals surface area contributed by atoms with Gasteiger partial charge in [0, 0.05) is 10.0 Å². The van der Waals surface area contributed by atoms with E-state index in [1.165, 1.54) is 36.4 Å². The highest BCUT2D eigenvalue weighted by molar-refractivity contribution is 6.35. The molecule has 0 aromatic heterocycles. The fraction of sp³-hybridized carbons (Fsp3) is 0. The first-order chi connectivity index (χ1) is 9.99. The zero-order valence-electron chi connectivity index (χ0n) is 10.7. The molecule has 106 valence electrons. The van der Waals surface area contributed by atoms with Gasteiger partial charge in [0.15, 0.2) is 11.5 Å². The molecule has 5 heteroatoms. The van der Waals surface area contributed by atoms with E-state index in [4.69, 9.17) is 23.2 Å². The lowest BCUT2D eigenvalue weighted by molar-refractivity contribution is 0.104. The van der Waals surface area contributed by atoms with Gasteiger partial charge in [-0.15, -0.1) is 0 Å². The topological polar surface area (TPSA) is 54.4 Å². The van der Waals surface area contributed by atoms with Crippen LogP contribution in [0.1, 0.15) is 15.9 Å². The number of hydrogen-bond donors (Lipinski definition) is 1. The molecule has 0 aliphatic rings. The van der Waals surface area contributed by atoms with Crippen LogP contribution >= 0.6 is 23.2 Å². The Kier molecular flexibility index (Phi) is 4.78.